The van der Waals surface area contributed by atoms with Gasteiger partial charge < -0.3 is 10.6 Å². The summed E-state index contributed by atoms with van der Waals surface area (Å²) in [7, 11) is 0. The summed E-state index contributed by atoms with van der Waals surface area (Å²) in [6.07, 6.45) is 0. The number of para-hydroxylation sites is 1. The largest absolute Gasteiger partial charge is 0.374 e. The predicted molar refractivity (Wildman–Crippen MR) is 96.4 cm³/mol. The Morgan fingerprint density at radius 3 is 2.27 bits per heavy atom. The molecular formula is C18H21BrN2O. The van der Waals surface area contributed by atoms with E-state index in [1.165, 1.54) is 0 Å². The first-order valence-corrected chi connectivity index (χ1v) is 8.18. The fourth-order valence-corrected chi connectivity index (χ4v) is 2.48. The van der Waals surface area contributed by atoms with Gasteiger partial charge in [-0.1, -0.05) is 48.0 Å². The van der Waals surface area contributed by atoms with Crippen LogP contribution in [0.4, 0.5) is 11.4 Å². The number of carbonyl (C=O) groups excluding carboxylic acids is 1. The van der Waals surface area contributed by atoms with Gasteiger partial charge in [-0.25, -0.2) is 0 Å². The molecule has 0 saturated carbocycles. The molecule has 0 spiro atoms. The van der Waals surface area contributed by atoms with Crippen molar-refractivity contribution in [3.63, 3.8) is 0 Å². The molecule has 2 rings (SSSR count). The summed E-state index contributed by atoms with van der Waals surface area (Å²) < 4.78 is 1.01. The van der Waals surface area contributed by atoms with E-state index in [1.54, 1.807) is 0 Å². The quantitative estimate of drug-likeness (QED) is 0.786. The van der Waals surface area contributed by atoms with Gasteiger partial charge >= 0.3 is 0 Å². The van der Waals surface area contributed by atoms with E-state index in [0.717, 1.165) is 21.4 Å². The summed E-state index contributed by atoms with van der Waals surface area (Å²) >= 11 is 3.40. The first kappa shape index (κ1) is 16.6. The monoisotopic (exact) mass is 360 g/mol. The van der Waals surface area contributed by atoms with Gasteiger partial charge in [-0.15, -0.1) is 0 Å². The minimum Gasteiger partial charge on any atom is -0.374 e. The molecule has 0 aliphatic carbocycles. The lowest BCUT2D eigenvalue weighted by Crippen LogP contribution is -2.32. The van der Waals surface area contributed by atoms with Gasteiger partial charge in [0.1, 0.15) is 6.04 Å². The van der Waals surface area contributed by atoms with Crippen molar-refractivity contribution in [2.24, 2.45) is 0 Å². The molecule has 2 aromatic rings. The molecule has 22 heavy (non-hydrogen) atoms. The number of hydrogen-bond donors (Lipinski definition) is 2. The molecule has 2 aromatic carbocycles. The van der Waals surface area contributed by atoms with Crippen LogP contribution in [0.3, 0.4) is 0 Å². The number of nitrogens with one attached hydrogen (secondary N) is 2. The predicted octanol–water partition coefficient (Wildman–Crippen LogP) is 5.01. The van der Waals surface area contributed by atoms with Crippen LogP contribution in [0.25, 0.3) is 0 Å². The number of halogens is 1. The molecule has 0 radical (unpaired) electrons. The highest BCUT2D eigenvalue weighted by Crippen LogP contribution is 2.24. The second-order valence-corrected chi connectivity index (χ2v) is 6.52. The van der Waals surface area contributed by atoms with Crippen LogP contribution in [-0.2, 0) is 4.79 Å². The smallest absolute Gasteiger partial charge is 0.246 e. The van der Waals surface area contributed by atoms with Gasteiger partial charge in [0.05, 0.1) is 0 Å². The van der Waals surface area contributed by atoms with Crippen LogP contribution >= 0.6 is 15.9 Å². The van der Waals surface area contributed by atoms with Crippen molar-refractivity contribution < 1.29 is 4.79 Å². The fraction of sp³-hybridized carbons (Fsp3) is 0.278. The lowest BCUT2D eigenvalue weighted by atomic mass is 10.0. The van der Waals surface area contributed by atoms with E-state index in [2.05, 4.69) is 40.4 Å². The van der Waals surface area contributed by atoms with E-state index < -0.39 is 0 Å². The van der Waals surface area contributed by atoms with E-state index in [4.69, 9.17) is 0 Å². The van der Waals surface area contributed by atoms with Gasteiger partial charge in [-0.3, -0.25) is 4.79 Å². The van der Waals surface area contributed by atoms with Crippen LogP contribution in [0.5, 0.6) is 0 Å². The molecule has 0 bridgehead atoms. The summed E-state index contributed by atoms with van der Waals surface area (Å²) in [6.45, 7) is 6.10. The zero-order valence-corrected chi connectivity index (χ0v) is 14.6. The summed E-state index contributed by atoms with van der Waals surface area (Å²) in [5.74, 6) is 0.322. The highest BCUT2D eigenvalue weighted by atomic mass is 79.9. The highest BCUT2D eigenvalue weighted by Gasteiger charge is 2.15. The molecule has 0 aliphatic rings. The summed E-state index contributed by atoms with van der Waals surface area (Å²) in [4.78, 5) is 12.4. The van der Waals surface area contributed by atoms with E-state index in [1.807, 2.05) is 55.5 Å². The van der Waals surface area contributed by atoms with Gasteiger partial charge in [-0.2, -0.15) is 0 Å². The Morgan fingerprint density at radius 2 is 1.64 bits per heavy atom. The molecule has 0 heterocycles. The van der Waals surface area contributed by atoms with Crippen molar-refractivity contribution in [3.8, 4) is 0 Å². The van der Waals surface area contributed by atoms with Crippen molar-refractivity contribution in [2.45, 2.75) is 32.7 Å². The van der Waals surface area contributed by atoms with Gasteiger partial charge in [0, 0.05) is 15.8 Å². The second-order valence-electron chi connectivity index (χ2n) is 5.60. The molecule has 1 amide bonds. The molecule has 1 unspecified atom stereocenters. The summed E-state index contributed by atoms with van der Waals surface area (Å²) in [6, 6.07) is 15.4. The summed E-state index contributed by atoms with van der Waals surface area (Å²) in [5, 5.41) is 6.22. The average Bonchev–Trinajstić information content (AvgIpc) is 2.49. The lowest BCUT2D eigenvalue weighted by molar-refractivity contribution is -0.116. The molecule has 0 saturated heterocycles. The maximum absolute atomic E-state index is 12.4. The number of hydrogen-bond acceptors (Lipinski definition) is 2. The third-order valence-corrected chi connectivity index (χ3v) is 3.99. The Hall–Kier alpha value is -1.81. The van der Waals surface area contributed by atoms with Gasteiger partial charge in [0.2, 0.25) is 5.91 Å². The molecule has 0 aliphatic heterocycles. The van der Waals surface area contributed by atoms with E-state index in [0.29, 0.717) is 5.92 Å². The second kappa shape index (κ2) is 7.45. The van der Waals surface area contributed by atoms with Crippen molar-refractivity contribution >= 4 is 33.2 Å². The first-order chi connectivity index (χ1) is 10.5. The van der Waals surface area contributed by atoms with Gasteiger partial charge in [0.15, 0.2) is 0 Å². The Kier molecular flexibility index (Phi) is 5.61. The minimum atomic E-state index is -0.318. The molecule has 4 heteroatoms. The number of benzene rings is 2. The average molecular weight is 361 g/mol. The maximum Gasteiger partial charge on any atom is 0.246 e. The third-order valence-electron chi connectivity index (χ3n) is 3.46. The third kappa shape index (κ3) is 4.34. The SMILES string of the molecule is CC(Nc1ccc(Br)cc1)C(=O)Nc1ccccc1C(C)C. The zero-order chi connectivity index (χ0) is 16.1. The molecule has 0 fully saturated rings. The molecule has 1 atom stereocenters. The molecular weight excluding hydrogens is 340 g/mol. The number of rotatable bonds is 5. The van der Waals surface area contributed by atoms with Gasteiger partial charge in [0.25, 0.3) is 0 Å². The Labute approximate surface area is 140 Å². The number of carbonyl (C=O) groups is 1. The topological polar surface area (TPSA) is 41.1 Å². The Balaban J connectivity index is 2.04. The molecule has 3 nitrogen and oxygen atoms in total. The van der Waals surface area contributed by atoms with Crippen LogP contribution < -0.4 is 10.6 Å². The standard InChI is InChI=1S/C18H21BrN2O/c1-12(2)16-6-4-5-7-17(16)21-18(22)13(3)20-15-10-8-14(19)9-11-15/h4-13,20H,1-3H3,(H,21,22). The van der Waals surface area contributed by atoms with Crippen LogP contribution in [0.2, 0.25) is 0 Å². The molecule has 2 N–H and O–H groups in total. The minimum absolute atomic E-state index is 0.0454. The van der Waals surface area contributed by atoms with Crippen LogP contribution in [0.1, 0.15) is 32.3 Å². The van der Waals surface area contributed by atoms with Crippen molar-refractivity contribution in [1.29, 1.82) is 0 Å². The first-order valence-electron chi connectivity index (χ1n) is 7.39. The van der Waals surface area contributed by atoms with Crippen LogP contribution in [-0.4, -0.2) is 11.9 Å². The van der Waals surface area contributed by atoms with Crippen LogP contribution in [0.15, 0.2) is 53.0 Å². The number of amides is 1. The Morgan fingerprint density at radius 1 is 1.00 bits per heavy atom. The molecule has 0 aromatic heterocycles. The van der Waals surface area contributed by atoms with Gasteiger partial charge in [-0.05, 0) is 48.7 Å². The lowest BCUT2D eigenvalue weighted by Gasteiger charge is -2.18. The van der Waals surface area contributed by atoms with E-state index in [9.17, 15) is 4.79 Å². The normalized spacial score (nSPS) is 12.0. The number of anilines is 2. The van der Waals surface area contributed by atoms with Crippen molar-refractivity contribution in [1.82, 2.24) is 0 Å². The van der Waals surface area contributed by atoms with E-state index in [-0.39, 0.29) is 11.9 Å². The van der Waals surface area contributed by atoms with Crippen LogP contribution in [0, 0.1) is 0 Å². The summed E-state index contributed by atoms with van der Waals surface area (Å²) in [5.41, 5.74) is 2.95. The highest BCUT2D eigenvalue weighted by molar-refractivity contribution is 9.10. The van der Waals surface area contributed by atoms with Crippen molar-refractivity contribution in [3.05, 3.63) is 58.6 Å². The maximum atomic E-state index is 12.4. The van der Waals surface area contributed by atoms with Crippen molar-refractivity contribution in [2.75, 3.05) is 10.6 Å². The molecule has 116 valence electrons. The van der Waals surface area contributed by atoms with E-state index >= 15 is 0 Å². The zero-order valence-electron chi connectivity index (χ0n) is 13.1. The Bertz CT molecular complexity index is 638. The fourth-order valence-electron chi connectivity index (χ4n) is 2.22.